The van der Waals surface area contributed by atoms with Gasteiger partial charge in [0, 0.05) is 0 Å². The highest BCUT2D eigenvalue weighted by Gasteiger charge is 1.88. The molecule has 0 fully saturated rings. The highest BCUT2D eigenvalue weighted by molar-refractivity contribution is 9.11. The quantitative estimate of drug-likeness (QED) is 0.580. The maximum atomic E-state index is 3.77. The molecule has 0 amide bonds. The number of hydrogen-bond acceptors (Lipinski definition) is 0. The molecule has 0 heterocycles. The van der Waals surface area contributed by atoms with E-state index >= 15 is 0 Å². The first-order valence-corrected chi connectivity index (χ1v) is 4.19. The Bertz CT molecular complexity index is 76.6. The van der Waals surface area contributed by atoms with Crippen molar-refractivity contribution in [2.45, 2.75) is 32.1 Å². The van der Waals surface area contributed by atoms with Gasteiger partial charge >= 0.3 is 0 Å². The van der Waals surface area contributed by atoms with Gasteiger partial charge in [-0.05, 0) is 17.3 Å². The Hall–Kier alpha value is 0.220. The molecule has 0 atom stereocenters. The smallest absolute Gasteiger partial charge is 0.0121 e. The molecule has 1 radical (unpaired) electrons. The Morgan fingerprint density at radius 1 is 1.22 bits per heavy atom. The second-order valence-electron chi connectivity index (χ2n) is 2.18. The predicted molar refractivity (Wildman–Crippen MR) is 46.5 cm³/mol. The Labute approximate surface area is 66.5 Å². The van der Waals surface area contributed by atoms with Gasteiger partial charge in [-0.15, -0.1) is 0 Å². The maximum Gasteiger partial charge on any atom is -0.0121 e. The first-order valence-electron chi connectivity index (χ1n) is 3.40. The van der Waals surface area contributed by atoms with Crippen LogP contribution in [0.3, 0.4) is 0 Å². The molecule has 0 aromatic carbocycles. The number of unbranched alkanes of at least 4 members (excludes halogenated alkanes) is 3. The van der Waals surface area contributed by atoms with Crippen LogP contribution < -0.4 is 0 Å². The van der Waals surface area contributed by atoms with Crippen molar-refractivity contribution in [3.05, 3.63) is 18.0 Å². The van der Waals surface area contributed by atoms with Gasteiger partial charge in [0.15, 0.2) is 0 Å². The highest BCUT2D eigenvalue weighted by atomic mass is 79.9. The third-order valence-electron chi connectivity index (χ3n) is 1.20. The molecule has 0 aliphatic rings. The normalized spacial score (nSPS) is 9.56. The molecular weight excluding hydrogens is 176 g/mol. The van der Waals surface area contributed by atoms with Crippen LogP contribution in [0.2, 0.25) is 0 Å². The third-order valence-corrected chi connectivity index (χ3v) is 1.59. The molecule has 0 nitrogen and oxygen atoms in total. The number of halogens is 1. The van der Waals surface area contributed by atoms with Gasteiger partial charge in [0.2, 0.25) is 0 Å². The van der Waals surface area contributed by atoms with E-state index in [2.05, 4.69) is 29.4 Å². The number of allylic oxidation sites excluding steroid dienone is 1. The van der Waals surface area contributed by atoms with Crippen LogP contribution in [-0.4, -0.2) is 0 Å². The van der Waals surface area contributed by atoms with E-state index in [4.69, 9.17) is 0 Å². The van der Waals surface area contributed by atoms with E-state index in [9.17, 15) is 0 Å². The summed E-state index contributed by atoms with van der Waals surface area (Å²) in [5.74, 6) is 0. The van der Waals surface area contributed by atoms with Crippen molar-refractivity contribution in [1.29, 1.82) is 0 Å². The van der Waals surface area contributed by atoms with E-state index in [1.165, 1.54) is 19.3 Å². The van der Waals surface area contributed by atoms with Crippen molar-refractivity contribution in [2.24, 2.45) is 0 Å². The van der Waals surface area contributed by atoms with Gasteiger partial charge in [-0.25, -0.2) is 0 Å². The molecule has 0 spiro atoms. The van der Waals surface area contributed by atoms with Crippen molar-refractivity contribution in [1.82, 2.24) is 0 Å². The second-order valence-corrected chi connectivity index (χ2v) is 3.30. The maximum absolute atomic E-state index is 3.77. The zero-order valence-electron chi connectivity index (χ0n) is 5.83. The first kappa shape index (κ1) is 9.22. The summed E-state index contributed by atoms with van der Waals surface area (Å²) in [7, 11) is 0. The van der Waals surface area contributed by atoms with Crippen molar-refractivity contribution >= 4 is 15.9 Å². The van der Waals surface area contributed by atoms with Crippen LogP contribution >= 0.6 is 15.9 Å². The van der Waals surface area contributed by atoms with Crippen LogP contribution in [0, 0.1) is 6.92 Å². The highest BCUT2D eigenvalue weighted by Crippen LogP contribution is 2.12. The van der Waals surface area contributed by atoms with Crippen LogP contribution in [0.25, 0.3) is 0 Å². The average Bonchev–Trinajstić information content (AvgIpc) is 1.80. The molecule has 0 unspecified atom stereocenters. The lowest BCUT2D eigenvalue weighted by Crippen LogP contribution is -1.75. The standard InChI is InChI=1S/C8H14Br/c1-3-4-5-6-7-8(2)9/h1-7H2. The van der Waals surface area contributed by atoms with Crippen molar-refractivity contribution in [3.8, 4) is 0 Å². The van der Waals surface area contributed by atoms with E-state index in [1.54, 1.807) is 0 Å². The number of rotatable bonds is 5. The summed E-state index contributed by atoms with van der Waals surface area (Å²) in [6.45, 7) is 7.52. The molecule has 0 N–H and O–H groups in total. The zero-order valence-corrected chi connectivity index (χ0v) is 7.41. The molecule has 0 bridgehead atoms. The van der Waals surface area contributed by atoms with Gasteiger partial charge in [0.1, 0.15) is 0 Å². The third kappa shape index (κ3) is 8.22. The molecule has 1 heteroatoms. The first-order chi connectivity index (χ1) is 4.27. The summed E-state index contributed by atoms with van der Waals surface area (Å²) < 4.78 is 1.12. The van der Waals surface area contributed by atoms with Crippen LogP contribution in [0.4, 0.5) is 0 Å². The fraction of sp³-hybridized carbons (Fsp3) is 0.625. The largest absolute Gasteiger partial charge is 0.0889 e. The Balaban J connectivity index is 2.83. The lowest BCUT2D eigenvalue weighted by molar-refractivity contribution is 0.693. The lowest BCUT2D eigenvalue weighted by Gasteiger charge is -1.95. The van der Waals surface area contributed by atoms with Crippen molar-refractivity contribution in [2.75, 3.05) is 0 Å². The molecule has 0 saturated heterocycles. The minimum atomic E-state index is 1.06. The minimum Gasteiger partial charge on any atom is -0.0889 e. The van der Waals surface area contributed by atoms with E-state index in [0.717, 1.165) is 17.3 Å². The summed E-state index contributed by atoms with van der Waals surface area (Å²) in [4.78, 5) is 0. The second kappa shape index (κ2) is 6.34. The van der Waals surface area contributed by atoms with E-state index in [-0.39, 0.29) is 0 Å². The Morgan fingerprint density at radius 2 is 1.89 bits per heavy atom. The Morgan fingerprint density at radius 3 is 2.33 bits per heavy atom. The van der Waals surface area contributed by atoms with Gasteiger partial charge < -0.3 is 0 Å². The van der Waals surface area contributed by atoms with Crippen LogP contribution in [-0.2, 0) is 0 Å². The minimum absolute atomic E-state index is 1.06. The lowest BCUT2D eigenvalue weighted by atomic mass is 10.2. The van der Waals surface area contributed by atoms with Crippen LogP contribution in [0.1, 0.15) is 32.1 Å². The molecular formula is C8H14Br. The van der Waals surface area contributed by atoms with Crippen molar-refractivity contribution in [3.63, 3.8) is 0 Å². The van der Waals surface area contributed by atoms with Gasteiger partial charge in [-0.3, -0.25) is 0 Å². The molecule has 0 aliphatic carbocycles. The van der Waals surface area contributed by atoms with Crippen LogP contribution in [0.15, 0.2) is 11.1 Å². The molecule has 0 aliphatic heterocycles. The van der Waals surface area contributed by atoms with Gasteiger partial charge in [-0.2, -0.15) is 0 Å². The average molecular weight is 190 g/mol. The summed E-state index contributed by atoms with van der Waals surface area (Å²) in [6.07, 6.45) is 5.96. The fourth-order valence-corrected chi connectivity index (χ4v) is 0.951. The summed E-state index contributed by atoms with van der Waals surface area (Å²) >= 11 is 3.32. The van der Waals surface area contributed by atoms with E-state index in [0.29, 0.717) is 0 Å². The van der Waals surface area contributed by atoms with Gasteiger partial charge in [-0.1, -0.05) is 48.7 Å². The SMILES string of the molecule is [CH2]CCCCCC(=C)Br. The molecule has 0 aromatic heterocycles. The Kier molecular flexibility index (Phi) is 6.50. The van der Waals surface area contributed by atoms with Gasteiger partial charge in [0.25, 0.3) is 0 Å². The fourth-order valence-electron chi connectivity index (χ4n) is 0.670. The predicted octanol–water partition coefficient (Wildman–Crippen LogP) is 3.68. The topological polar surface area (TPSA) is 0 Å². The van der Waals surface area contributed by atoms with Gasteiger partial charge in [0.05, 0.1) is 0 Å². The molecule has 0 saturated carbocycles. The summed E-state index contributed by atoms with van der Waals surface area (Å²) in [6, 6.07) is 0. The van der Waals surface area contributed by atoms with Crippen LogP contribution in [0.5, 0.6) is 0 Å². The van der Waals surface area contributed by atoms with Crippen molar-refractivity contribution < 1.29 is 0 Å². The monoisotopic (exact) mass is 189 g/mol. The zero-order chi connectivity index (χ0) is 7.11. The molecule has 0 rings (SSSR count). The number of hydrogen-bond donors (Lipinski definition) is 0. The summed E-state index contributed by atoms with van der Waals surface area (Å²) in [5.41, 5.74) is 0. The molecule has 0 aromatic rings. The molecule has 53 valence electrons. The molecule has 9 heavy (non-hydrogen) atoms. The van der Waals surface area contributed by atoms with E-state index < -0.39 is 0 Å². The van der Waals surface area contributed by atoms with E-state index in [1.807, 2.05) is 0 Å². The summed E-state index contributed by atoms with van der Waals surface area (Å²) in [5, 5.41) is 0.